The maximum absolute atomic E-state index is 6.23. The molecule has 0 spiro atoms. The molecule has 2 aliphatic rings. The van der Waals surface area contributed by atoms with Gasteiger partial charge in [0.15, 0.2) is 0 Å². The van der Waals surface area contributed by atoms with Crippen LogP contribution in [0.4, 0.5) is 0 Å². The maximum Gasteiger partial charge on any atom is 0.211 e. The fourth-order valence-corrected chi connectivity index (χ4v) is 152. The molecule has 7 heavy (non-hydrogen) atoms. The summed E-state index contributed by atoms with van der Waals surface area (Å²) >= 11 is 6.23. The summed E-state index contributed by atoms with van der Waals surface area (Å²) in [7, 11) is 0. The average Bonchev–Trinajstić information content (AvgIpc) is 2.04. The molecule has 0 radical (unpaired) electrons. The van der Waals surface area contributed by atoms with E-state index in [0.29, 0.717) is 13.2 Å². The van der Waals surface area contributed by atoms with Crippen LogP contribution in [0, 0.1) is 0 Å². The molecule has 38 valence electrons. The summed E-state index contributed by atoms with van der Waals surface area (Å²) in [6, 6.07) is 0. The van der Waals surface area contributed by atoms with E-state index in [4.69, 9.17) is 11.2 Å². The van der Waals surface area contributed by atoms with Gasteiger partial charge in [-0.25, -0.2) is 0 Å². The van der Waals surface area contributed by atoms with Crippen molar-refractivity contribution in [3.05, 3.63) is 0 Å². The molecule has 0 aliphatic carbocycles. The molecule has 0 saturated carbocycles. The molecule has 4 rings (SSSR count). The largest absolute Gasteiger partial charge is 0.211 e. The van der Waals surface area contributed by atoms with Gasteiger partial charge in [-0.2, -0.15) is 0 Å². The predicted octanol–water partition coefficient (Wildman–Crippen LogP) is 5.16. The van der Waals surface area contributed by atoms with Crippen LogP contribution in [0.15, 0.2) is 0 Å². The molecular formula is CH3ClP5+. The zero-order valence-electron chi connectivity index (χ0n) is 3.61. The SMILES string of the molecule is C[P+]1(Cl)p2p3p1p23. The third-order valence-electron chi connectivity index (χ3n) is 1.39. The summed E-state index contributed by atoms with van der Waals surface area (Å²) in [5.74, 6) is -0.513. The van der Waals surface area contributed by atoms with Crippen molar-refractivity contribution in [1.29, 1.82) is 0 Å². The Bertz CT molecular complexity index is 255. The molecule has 0 saturated heterocycles. The van der Waals surface area contributed by atoms with E-state index in [1.165, 1.54) is 0 Å². The average molecular weight is 205 g/mol. The Labute approximate surface area is 50.1 Å². The molecule has 2 aliphatic heterocycles. The van der Waals surface area contributed by atoms with E-state index >= 15 is 0 Å². The van der Waals surface area contributed by atoms with Gasteiger partial charge in [0.25, 0.3) is 0 Å². The monoisotopic (exact) mass is 205 g/mol. The molecule has 0 nitrogen and oxygen atoms in total. The molecule has 0 unspecified atom stereocenters. The van der Waals surface area contributed by atoms with Crippen molar-refractivity contribution in [1.82, 2.24) is 0 Å². The van der Waals surface area contributed by atoms with E-state index < -0.39 is 5.99 Å². The number of hydrogen-bond donors (Lipinski definition) is 0. The second-order valence-electron chi connectivity index (χ2n) is 1.88. The molecular weight excluding hydrogens is 202 g/mol. The summed E-state index contributed by atoms with van der Waals surface area (Å²) in [6.45, 7) is 3.79. The Morgan fingerprint density at radius 3 is 1.71 bits per heavy atom. The first-order valence-electron chi connectivity index (χ1n) is 2.02. The van der Waals surface area contributed by atoms with Crippen LogP contribution >= 0.6 is 43.1 Å². The first-order valence-corrected chi connectivity index (χ1v) is 15.5. The lowest BCUT2D eigenvalue weighted by atomic mass is 12.0. The fourth-order valence-electron chi connectivity index (χ4n) is 0.919. The van der Waals surface area contributed by atoms with Gasteiger partial charge in [-0.05, 0) is 0 Å². The van der Waals surface area contributed by atoms with Gasteiger partial charge >= 0.3 is 0 Å². The Balaban J connectivity index is 2.41. The molecule has 0 N–H and O–H groups in total. The molecule has 0 amide bonds. The van der Waals surface area contributed by atoms with E-state index in [9.17, 15) is 0 Å². The lowest BCUT2D eigenvalue weighted by Gasteiger charge is -2.13. The Hall–Kier alpha value is 1.92. The molecule has 6 heteroatoms. The molecule has 2 bridgehead atoms. The van der Waals surface area contributed by atoms with Crippen LogP contribution in [-0.4, -0.2) is 6.66 Å². The Morgan fingerprint density at radius 1 is 1.29 bits per heavy atom. The highest BCUT2D eigenvalue weighted by atomic mass is 35.7. The second kappa shape index (κ2) is 0.956. The van der Waals surface area contributed by atoms with Gasteiger partial charge in [0, 0.05) is 0 Å². The predicted molar refractivity (Wildman–Crippen MR) is 46.4 cm³/mol. The molecule has 0 fully saturated rings. The van der Waals surface area contributed by atoms with Crippen molar-refractivity contribution < 1.29 is 0 Å². The fraction of sp³-hybridized carbons (Fsp3) is 1.00. The van der Waals surface area contributed by atoms with Gasteiger partial charge in [-0.1, -0.05) is 0 Å². The Kier molecular flexibility index (Phi) is 0.641. The van der Waals surface area contributed by atoms with Crippen LogP contribution in [0.1, 0.15) is 0 Å². The van der Waals surface area contributed by atoms with E-state index in [1.807, 2.05) is 0 Å². The van der Waals surface area contributed by atoms with E-state index in [0.717, 1.165) is 12.7 Å². The van der Waals surface area contributed by atoms with Crippen LogP contribution in [0.25, 0.3) is 0 Å². The minimum absolute atomic E-state index is 0.513. The van der Waals surface area contributed by atoms with Crippen LogP contribution < -0.4 is 0 Å². The third kappa shape index (κ3) is 0.310. The topological polar surface area (TPSA) is 0 Å². The van der Waals surface area contributed by atoms with Crippen LogP contribution in [-0.2, 0) is 0 Å². The van der Waals surface area contributed by atoms with Gasteiger partial charge in [-0.3, -0.25) is 0 Å². The zero-order chi connectivity index (χ0) is 4.81. The van der Waals surface area contributed by atoms with E-state index in [-0.39, 0.29) is 0 Å². The summed E-state index contributed by atoms with van der Waals surface area (Å²) in [4.78, 5) is 0. The maximum atomic E-state index is 6.23. The first kappa shape index (κ1) is 4.69. The summed E-state index contributed by atoms with van der Waals surface area (Å²) in [5.41, 5.74) is 0. The van der Waals surface area contributed by atoms with Crippen LogP contribution in [0.5, 0.6) is 0 Å². The summed E-state index contributed by atoms with van der Waals surface area (Å²) in [6.07, 6.45) is 1.71. The van der Waals surface area contributed by atoms with Crippen molar-refractivity contribution >= 4 is 43.1 Å². The normalized spacial score (nSPS) is 48.9. The van der Waals surface area contributed by atoms with Crippen molar-refractivity contribution in [3.63, 3.8) is 0 Å². The Morgan fingerprint density at radius 2 is 1.71 bits per heavy atom. The quantitative estimate of drug-likeness (QED) is 0.521. The third-order valence-corrected chi connectivity index (χ3v) is 83.8. The molecule has 4 heterocycles. The van der Waals surface area contributed by atoms with Gasteiger partial charge < -0.3 is 0 Å². The smallest absolute Gasteiger partial charge is 0.0701 e. The van der Waals surface area contributed by atoms with Gasteiger partial charge in [-0.15, -0.1) is 0 Å². The highest BCUT2D eigenvalue weighted by Gasteiger charge is 2.72. The van der Waals surface area contributed by atoms with Gasteiger partial charge in [0.05, 0.1) is 19.4 Å². The first-order chi connectivity index (χ1) is 3.24. The standard InChI is InChI=1S/CH3ClP5/c1-7(2)5-3-4(5)6(3)7/h1H3/q+1. The molecule has 0 atom stereocenters. The van der Waals surface area contributed by atoms with Crippen LogP contribution in [0.3, 0.4) is 0 Å². The highest BCUT2D eigenvalue weighted by Crippen LogP contribution is 3.43. The zero-order valence-corrected chi connectivity index (χ0v) is 8.84. The van der Waals surface area contributed by atoms with Gasteiger partial charge in [0.2, 0.25) is 5.99 Å². The summed E-state index contributed by atoms with van der Waals surface area (Å²) in [5, 5.41) is 0. The van der Waals surface area contributed by atoms with Crippen molar-refractivity contribution in [3.8, 4) is 0 Å². The highest BCUT2D eigenvalue weighted by molar-refractivity contribution is 9.44. The number of hydrogen-bond acceptors (Lipinski definition) is 0. The lowest BCUT2D eigenvalue weighted by molar-refractivity contribution is 2.48. The van der Waals surface area contributed by atoms with Gasteiger partial charge in [0.1, 0.15) is 24.4 Å². The molecule has 0 aromatic carbocycles. The minimum Gasteiger partial charge on any atom is 0.0701 e. The van der Waals surface area contributed by atoms with Crippen LogP contribution in [0.2, 0.25) is 0 Å². The van der Waals surface area contributed by atoms with E-state index in [2.05, 4.69) is 6.66 Å². The van der Waals surface area contributed by atoms with Crippen molar-refractivity contribution in [2.24, 2.45) is 0 Å². The second-order valence-corrected chi connectivity index (χ2v) is 40.6. The molecule has 2 aromatic rings. The number of rotatable bonds is 0. The van der Waals surface area contributed by atoms with Crippen molar-refractivity contribution in [2.45, 2.75) is 0 Å². The van der Waals surface area contributed by atoms with E-state index in [1.54, 1.807) is 0 Å². The minimum atomic E-state index is -0.513. The van der Waals surface area contributed by atoms with Crippen molar-refractivity contribution in [2.75, 3.05) is 6.66 Å². The number of halogens is 1. The molecule has 2 aromatic heterocycles. The summed E-state index contributed by atoms with van der Waals surface area (Å²) < 4.78 is 0. The lowest BCUT2D eigenvalue weighted by Crippen LogP contribution is -1.56.